The number of benzene rings is 1. The molecular weight excluding hydrogens is 348 g/mol. The Morgan fingerprint density at radius 3 is 1.93 bits per heavy atom. The Morgan fingerprint density at radius 1 is 0.704 bits per heavy atom. The molecule has 1 aromatic heterocycles. The molecule has 27 heavy (non-hydrogen) atoms. The maximum Gasteiger partial charge on any atom is 0.160 e. The molecule has 1 aromatic carbocycles. The Morgan fingerprint density at radius 2 is 1.26 bits per heavy atom. The lowest BCUT2D eigenvalue weighted by atomic mass is 10.0. The fourth-order valence-electron chi connectivity index (χ4n) is 3.41. The van der Waals surface area contributed by atoms with E-state index in [0.29, 0.717) is 0 Å². The van der Waals surface area contributed by atoms with Crippen LogP contribution in [0.5, 0.6) is 0 Å². The zero-order valence-electron chi connectivity index (χ0n) is 17.2. The van der Waals surface area contributed by atoms with Crippen LogP contribution in [0.3, 0.4) is 0 Å². The van der Waals surface area contributed by atoms with Crippen LogP contribution in [0.1, 0.15) is 89.2 Å². The quantitative estimate of drug-likeness (QED) is 0.286. The fourth-order valence-corrected chi connectivity index (χ4v) is 3.75. The smallest absolute Gasteiger partial charge is 0.160 e. The van der Waals surface area contributed by atoms with Crippen molar-refractivity contribution in [2.24, 2.45) is 0 Å². The lowest BCUT2D eigenvalue weighted by Gasteiger charge is -2.08. The highest BCUT2D eigenvalue weighted by atomic mass is 32.1. The van der Waals surface area contributed by atoms with Gasteiger partial charge >= 0.3 is 0 Å². The topological polar surface area (TPSA) is 25.8 Å². The summed E-state index contributed by atoms with van der Waals surface area (Å²) < 4.78 is 0. The molecule has 2 aromatic rings. The molecular formula is C24H36N2S. The third kappa shape index (κ3) is 8.04. The van der Waals surface area contributed by atoms with Gasteiger partial charge in [0.15, 0.2) is 5.82 Å². The fraction of sp³-hybridized carbons (Fsp3) is 0.583. The number of hydrogen-bond acceptors (Lipinski definition) is 3. The number of nitrogens with zero attached hydrogens (tertiary/aromatic N) is 2. The molecule has 2 nitrogen and oxygen atoms in total. The molecule has 148 valence electrons. The van der Waals surface area contributed by atoms with E-state index in [1.807, 2.05) is 12.4 Å². The highest BCUT2D eigenvalue weighted by molar-refractivity contribution is 7.80. The van der Waals surface area contributed by atoms with E-state index in [1.165, 1.54) is 75.3 Å². The Bertz CT molecular complexity index is 652. The van der Waals surface area contributed by atoms with Crippen molar-refractivity contribution in [1.82, 2.24) is 9.97 Å². The van der Waals surface area contributed by atoms with Crippen molar-refractivity contribution in [3.05, 3.63) is 41.7 Å². The Kier molecular flexibility index (Phi) is 10.5. The molecule has 3 heteroatoms. The summed E-state index contributed by atoms with van der Waals surface area (Å²) in [6.45, 7) is 4.50. The summed E-state index contributed by atoms with van der Waals surface area (Å²) in [6.07, 6.45) is 19.3. The Balaban J connectivity index is 1.82. The van der Waals surface area contributed by atoms with E-state index in [4.69, 9.17) is 0 Å². The highest BCUT2D eigenvalue weighted by Gasteiger charge is 2.07. The maximum atomic E-state index is 4.67. The largest absolute Gasteiger partial charge is 0.236 e. The Hall–Kier alpha value is -1.35. The van der Waals surface area contributed by atoms with Crippen LogP contribution in [-0.2, 0) is 12.8 Å². The SMILES string of the molecule is CCCCCCCCCc1cnc(-c2ccc(CCCCC)cc2S)nc1. The first-order valence-electron chi connectivity index (χ1n) is 10.9. The van der Waals surface area contributed by atoms with Crippen LogP contribution in [-0.4, -0.2) is 9.97 Å². The average Bonchev–Trinajstić information content (AvgIpc) is 2.68. The van der Waals surface area contributed by atoms with E-state index >= 15 is 0 Å². The molecule has 0 aliphatic rings. The van der Waals surface area contributed by atoms with E-state index < -0.39 is 0 Å². The normalized spacial score (nSPS) is 11.1. The van der Waals surface area contributed by atoms with Crippen molar-refractivity contribution in [1.29, 1.82) is 0 Å². The first-order chi connectivity index (χ1) is 13.2. The monoisotopic (exact) mass is 384 g/mol. The molecule has 1 heterocycles. The molecule has 0 spiro atoms. The number of aromatic nitrogens is 2. The number of rotatable bonds is 13. The summed E-state index contributed by atoms with van der Waals surface area (Å²) in [5.41, 5.74) is 3.62. The van der Waals surface area contributed by atoms with Gasteiger partial charge in [-0.05, 0) is 48.9 Å². The van der Waals surface area contributed by atoms with Gasteiger partial charge < -0.3 is 0 Å². The molecule has 0 amide bonds. The van der Waals surface area contributed by atoms with Crippen LogP contribution in [0.2, 0.25) is 0 Å². The van der Waals surface area contributed by atoms with E-state index in [2.05, 4.69) is 54.6 Å². The van der Waals surface area contributed by atoms with Crippen molar-refractivity contribution in [3.8, 4) is 11.4 Å². The molecule has 0 aliphatic heterocycles. The van der Waals surface area contributed by atoms with Crippen LogP contribution in [0.4, 0.5) is 0 Å². The molecule has 0 unspecified atom stereocenters. The minimum absolute atomic E-state index is 0.781. The standard InChI is InChI=1S/C24H36N2S/c1-3-5-7-8-9-10-12-14-21-18-25-24(26-19-21)22-16-15-20(17-23(22)27)13-11-6-4-2/h15-19,27H,3-14H2,1-2H3. The van der Waals surface area contributed by atoms with E-state index in [0.717, 1.165) is 29.1 Å². The van der Waals surface area contributed by atoms with Crippen LogP contribution < -0.4 is 0 Å². The van der Waals surface area contributed by atoms with E-state index in [1.54, 1.807) is 0 Å². The zero-order chi connectivity index (χ0) is 19.3. The Labute approximate surface area is 171 Å². The van der Waals surface area contributed by atoms with Gasteiger partial charge in [0.05, 0.1) is 0 Å². The van der Waals surface area contributed by atoms with Gasteiger partial charge in [-0.15, -0.1) is 12.6 Å². The van der Waals surface area contributed by atoms with Crippen molar-refractivity contribution >= 4 is 12.6 Å². The summed E-state index contributed by atoms with van der Waals surface area (Å²) in [4.78, 5) is 10.2. The van der Waals surface area contributed by atoms with Gasteiger partial charge in [0.1, 0.15) is 0 Å². The third-order valence-corrected chi connectivity index (χ3v) is 5.52. The third-order valence-electron chi connectivity index (χ3n) is 5.15. The number of hydrogen-bond donors (Lipinski definition) is 1. The van der Waals surface area contributed by atoms with Crippen molar-refractivity contribution in [2.45, 2.75) is 95.8 Å². The highest BCUT2D eigenvalue weighted by Crippen LogP contribution is 2.25. The molecule has 2 rings (SSSR count). The summed E-state index contributed by atoms with van der Waals surface area (Å²) in [7, 11) is 0. The first kappa shape index (κ1) is 21.9. The van der Waals surface area contributed by atoms with E-state index in [-0.39, 0.29) is 0 Å². The summed E-state index contributed by atoms with van der Waals surface area (Å²) in [5.74, 6) is 0.781. The second-order valence-electron chi connectivity index (χ2n) is 7.59. The second-order valence-corrected chi connectivity index (χ2v) is 8.08. The van der Waals surface area contributed by atoms with Gasteiger partial charge in [-0.1, -0.05) is 71.3 Å². The number of unbranched alkanes of at least 4 members (excludes halogenated alkanes) is 8. The summed E-state index contributed by atoms with van der Waals surface area (Å²) in [5, 5.41) is 0. The molecule has 0 N–H and O–H groups in total. The second kappa shape index (κ2) is 12.9. The van der Waals surface area contributed by atoms with Gasteiger partial charge in [0, 0.05) is 22.9 Å². The van der Waals surface area contributed by atoms with Crippen molar-refractivity contribution in [2.75, 3.05) is 0 Å². The lowest BCUT2D eigenvalue weighted by molar-refractivity contribution is 0.589. The molecule has 0 radical (unpaired) electrons. The van der Waals surface area contributed by atoms with Gasteiger partial charge in [-0.3, -0.25) is 0 Å². The molecule has 0 bridgehead atoms. The van der Waals surface area contributed by atoms with Gasteiger partial charge in [-0.2, -0.15) is 0 Å². The molecule has 0 saturated heterocycles. The maximum absolute atomic E-state index is 4.67. The molecule has 0 atom stereocenters. The van der Waals surface area contributed by atoms with Crippen LogP contribution in [0.25, 0.3) is 11.4 Å². The molecule has 0 saturated carbocycles. The van der Waals surface area contributed by atoms with Crippen LogP contribution in [0, 0.1) is 0 Å². The minimum atomic E-state index is 0.781. The van der Waals surface area contributed by atoms with Crippen LogP contribution in [0.15, 0.2) is 35.5 Å². The van der Waals surface area contributed by atoms with Gasteiger partial charge in [0.2, 0.25) is 0 Å². The van der Waals surface area contributed by atoms with Crippen molar-refractivity contribution < 1.29 is 0 Å². The number of aryl methyl sites for hydroxylation is 2. The van der Waals surface area contributed by atoms with E-state index in [9.17, 15) is 0 Å². The van der Waals surface area contributed by atoms with Gasteiger partial charge in [0.25, 0.3) is 0 Å². The minimum Gasteiger partial charge on any atom is -0.236 e. The van der Waals surface area contributed by atoms with Crippen LogP contribution >= 0.6 is 12.6 Å². The first-order valence-corrected chi connectivity index (χ1v) is 11.3. The van der Waals surface area contributed by atoms with Crippen molar-refractivity contribution in [3.63, 3.8) is 0 Å². The average molecular weight is 385 g/mol. The predicted molar refractivity (Wildman–Crippen MR) is 120 cm³/mol. The number of thiol groups is 1. The zero-order valence-corrected chi connectivity index (χ0v) is 18.1. The van der Waals surface area contributed by atoms with Gasteiger partial charge in [-0.25, -0.2) is 9.97 Å². The molecule has 0 aliphatic carbocycles. The lowest BCUT2D eigenvalue weighted by Crippen LogP contribution is -1.95. The summed E-state index contributed by atoms with van der Waals surface area (Å²) in [6, 6.07) is 6.49. The molecule has 0 fully saturated rings. The summed E-state index contributed by atoms with van der Waals surface area (Å²) >= 11 is 4.67. The predicted octanol–water partition coefficient (Wildman–Crippen LogP) is 7.46.